The highest BCUT2D eigenvalue weighted by atomic mass is 35.5. The molecular formula is C19H23ClFN3O3S. The van der Waals surface area contributed by atoms with Gasteiger partial charge in [0.15, 0.2) is 0 Å². The van der Waals surface area contributed by atoms with E-state index in [0.29, 0.717) is 13.1 Å². The second kappa shape index (κ2) is 8.89. The van der Waals surface area contributed by atoms with Gasteiger partial charge in [-0.15, -0.1) is 12.4 Å². The van der Waals surface area contributed by atoms with Crippen LogP contribution < -0.4 is 10.5 Å². The average Bonchev–Trinajstić information content (AvgIpc) is 2.63. The number of piperidine rings is 1. The number of nitrogens with zero attached hydrogens (tertiary/aromatic N) is 1. The van der Waals surface area contributed by atoms with E-state index < -0.39 is 15.8 Å². The van der Waals surface area contributed by atoms with Crippen molar-refractivity contribution >= 4 is 34.0 Å². The van der Waals surface area contributed by atoms with Gasteiger partial charge >= 0.3 is 0 Å². The van der Waals surface area contributed by atoms with Crippen LogP contribution in [-0.2, 0) is 10.0 Å². The Morgan fingerprint density at radius 3 is 2.64 bits per heavy atom. The molecule has 2 aromatic rings. The first kappa shape index (κ1) is 22.1. The molecule has 1 atom stereocenters. The maximum atomic E-state index is 13.4. The van der Waals surface area contributed by atoms with Crippen LogP contribution in [0.4, 0.5) is 10.1 Å². The molecule has 1 heterocycles. The number of hydrogen-bond acceptors (Lipinski definition) is 4. The third-order valence-corrected chi connectivity index (χ3v) is 5.95. The largest absolute Gasteiger partial charge is 0.337 e. The van der Waals surface area contributed by atoms with Crippen LogP contribution in [0.2, 0.25) is 0 Å². The fourth-order valence-corrected chi connectivity index (χ4v) is 4.28. The number of hydrogen-bond donors (Lipinski definition) is 2. The Bertz CT molecular complexity index is 969. The molecular weight excluding hydrogens is 405 g/mol. The molecule has 3 N–H and O–H groups in total. The lowest BCUT2D eigenvalue weighted by Crippen LogP contribution is -2.45. The molecule has 1 unspecified atom stereocenters. The summed E-state index contributed by atoms with van der Waals surface area (Å²) in [5.74, 6) is -0.746. The number of anilines is 1. The minimum atomic E-state index is -3.96. The molecule has 9 heteroatoms. The van der Waals surface area contributed by atoms with E-state index in [1.165, 1.54) is 25.1 Å². The van der Waals surface area contributed by atoms with Gasteiger partial charge < -0.3 is 10.6 Å². The number of aryl methyl sites for hydroxylation is 1. The first-order valence-electron chi connectivity index (χ1n) is 8.71. The number of nitrogens with one attached hydrogen (secondary N) is 1. The highest BCUT2D eigenvalue weighted by Crippen LogP contribution is 2.23. The van der Waals surface area contributed by atoms with Crippen LogP contribution >= 0.6 is 12.4 Å². The minimum absolute atomic E-state index is 0. The predicted molar refractivity (Wildman–Crippen MR) is 109 cm³/mol. The highest BCUT2D eigenvalue weighted by molar-refractivity contribution is 7.92. The number of carbonyl (C=O) groups is 1. The van der Waals surface area contributed by atoms with E-state index in [2.05, 4.69) is 4.72 Å². The maximum Gasteiger partial charge on any atom is 0.261 e. The van der Waals surface area contributed by atoms with Gasteiger partial charge in [0, 0.05) is 19.1 Å². The van der Waals surface area contributed by atoms with Gasteiger partial charge in [-0.1, -0.05) is 12.1 Å². The highest BCUT2D eigenvalue weighted by Gasteiger charge is 2.25. The summed E-state index contributed by atoms with van der Waals surface area (Å²) in [6, 6.07) is 9.92. The van der Waals surface area contributed by atoms with E-state index in [9.17, 15) is 17.6 Å². The van der Waals surface area contributed by atoms with Gasteiger partial charge in [-0.25, -0.2) is 12.8 Å². The van der Waals surface area contributed by atoms with Crippen molar-refractivity contribution in [2.24, 2.45) is 5.73 Å². The molecule has 1 fully saturated rings. The quantitative estimate of drug-likeness (QED) is 0.784. The van der Waals surface area contributed by atoms with Gasteiger partial charge in [0.1, 0.15) is 5.82 Å². The molecule has 1 aliphatic heterocycles. The minimum Gasteiger partial charge on any atom is -0.337 e. The number of benzene rings is 2. The fraction of sp³-hybridized carbons (Fsp3) is 0.316. The van der Waals surface area contributed by atoms with Crippen LogP contribution in [0.5, 0.6) is 0 Å². The second-order valence-electron chi connectivity index (χ2n) is 6.72. The molecule has 0 saturated carbocycles. The summed E-state index contributed by atoms with van der Waals surface area (Å²) in [7, 11) is -3.96. The fourth-order valence-electron chi connectivity index (χ4n) is 3.11. The molecule has 0 aliphatic carbocycles. The smallest absolute Gasteiger partial charge is 0.261 e. The van der Waals surface area contributed by atoms with Gasteiger partial charge in [-0.3, -0.25) is 9.52 Å². The zero-order chi connectivity index (χ0) is 19.6. The normalized spacial score (nSPS) is 17.0. The molecule has 1 aliphatic rings. The molecule has 1 amide bonds. The molecule has 3 rings (SSSR count). The van der Waals surface area contributed by atoms with Crippen molar-refractivity contribution in [1.29, 1.82) is 0 Å². The number of rotatable bonds is 4. The summed E-state index contributed by atoms with van der Waals surface area (Å²) in [5.41, 5.74) is 6.62. The predicted octanol–water partition coefficient (Wildman–Crippen LogP) is 2.92. The first-order chi connectivity index (χ1) is 12.8. The van der Waals surface area contributed by atoms with Crippen molar-refractivity contribution in [2.45, 2.75) is 30.7 Å². The van der Waals surface area contributed by atoms with Gasteiger partial charge in [-0.05, 0) is 55.7 Å². The summed E-state index contributed by atoms with van der Waals surface area (Å²) in [5, 5.41) is 0. The van der Waals surface area contributed by atoms with E-state index in [4.69, 9.17) is 5.73 Å². The lowest BCUT2D eigenvalue weighted by molar-refractivity contribution is 0.0710. The van der Waals surface area contributed by atoms with Crippen molar-refractivity contribution in [2.75, 3.05) is 17.8 Å². The number of carbonyl (C=O) groups excluding carboxylic acids is 1. The molecule has 28 heavy (non-hydrogen) atoms. The third kappa shape index (κ3) is 4.81. The number of amides is 1. The summed E-state index contributed by atoms with van der Waals surface area (Å²) >= 11 is 0. The summed E-state index contributed by atoms with van der Waals surface area (Å²) in [6.45, 7) is 2.52. The van der Waals surface area contributed by atoms with Gasteiger partial charge in [0.05, 0.1) is 16.1 Å². The number of halogens is 2. The molecule has 0 radical (unpaired) electrons. The van der Waals surface area contributed by atoms with Crippen molar-refractivity contribution in [1.82, 2.24) is 4.90 Å². The molecule has 2 aromatic carbocycles. The van der Waals surface area contributed by atoms with Crippen LogP contribution in [0.1, 0.15) is 28.8 Å². The van der Waals surface area contributed by atoms with Crippen LogP contribution in [0.25, 0.3) is 0 Å². The maximum absolute atomic E-state index is 13.4. The molecule has 152 valence electrons. The SMILES string of the molecule is Cc1cc(S(=O)(=O)Nc2ccccc2C(=O)N2CCCC(N)C2)ccc1F.Cl. The lowest BCUT2D eigenvalue weighted by Gasteiger charge is -2.31. The summed E-state index contributed by atoms with van der Waals surface area (Å²) in [4.78, 5) is 14.4. The van der Waals surface area contributed by atoms with Crippen LogP contribution in [0.15, 0.2) is 47.4 Å². The molecule has 0 bridgehead atoms. The first-order valence-corrected chi connectivity index (χ1v) is 10.2. The van der Waals surface area contributed by atoms with Crippen molar-refractivity contribution in [3.05, 3.63) is 59.4 Å². The number of para-hydroxylation sites is 1. The van der Waals surface area contributed by atoms with E-state index in [1.54, 1.807) is 23.1 Å². The van der Waals surface area contributed by atoms with Crippen LogP contribution in [0, 0.1) is 12.7 Å². The van der Waals surface area contributed by atoms with Crippen LogP contribution in [0.3, 0.4) is 0 Å². The molecule has 0 spiro atoms. The lowest BCUT2D eigenvalue weighted by atomic mass is 10.0. The topological polar surface area (TPSA) is 92.5 Å². The van der Waals surface area contributed by atoms with Crippen molar-refractivity contribution < 1.29 is 17.6 Å². The van der Waals surface area contributed by atoms with E-state index in [0.717, 1.165) is 18.9 Å². The van der Waals surface area contributed by atoms with Gasteiger partial charge in [0.2, 0.25) is 0 Å². The second-order valence-corrected chi connectivity index (χ2v) is 8.40. The van der Waals surface area contributed by atoms with E-state index >= 15 is 0 Å². The third-order valence-electron chi connectivity index (χ3n) is 4.59. The molecule has 1 saturated heterocycles. The van der Waals surface area contributed by atoms with E-state index in [-0.39, 0.29) is 46.1 Å². The monoisotopic (exact) mass is 427 g/mol. The molecule has 6 nitrogen and oxygen atoms in total. The zero-order valence-corrected chi connectivity index (χ0v) is 17.0. The van der Waals surface area contributed by atoms with Crippen molar-refractivity contribution in [3.63, 3.8) is 0 Å². The Kier molecular flexibility index (Phi) is 7.03. The Hall–Kier alpha value is -2.16. The summed E-state index contributed by atoms with van der Waals surface area (Å²) in [6.07, 6.45) is 1.68. The Morgan fingerprint density at radius 2 is 1.96 bits per heavy atom. The van der Waals surface area contributed by atoms with Gasteiger partial charge in [-0.2, -0.15) is 0 Å². The van der Waals surface area contributed by atoms with Crippen LogP contribution in [-0.4, -0.2) is 38.4 Å². The Labute approximate surface area is 170 Å². The van der Waals surface area contributed by atoms with Gasteiger partial charge in [0.25, 0.3) is 15.9 Å². The van der Waals surface area contributed by atoms with E-state index in [1.807, 2.05) is 0 Å². The Morgan fingerprint density at radius 1 is 1.25 bits per heavy atom. The molecule has 0 aromatic heterocycles. The van der Waals surface area contributed by atoms with Crippen molar-refractivity contribution in [3.8, 4) is 0 Å². The number of likely N-dealkylation sites (tertiary alicyclic amines) is 1. The number of nitrogens with two attached hydrogens (primary N) is 1. The average molecular weight is 428 g/mol. The zero-order valence-electron chi connectivity index (χ0n) is 15.4. The Balaban J connectivity index is 0.00000280. The number of sulfonamides is 1. The standard InChI is InChI=1S/C19H22FN3O3S.ClH/c1-13-11-15(8-9-17(13)20)27(25,26)22-18-7-3-2-6-16(18)19(24)23-10-4-5-14(21)12-23;/h2-3,6-9,11,14,22H,4-5,10,12,21H2,1H3;1H. The summed E-state index contributed by atoms with van der Waals surface area (Å²) < 4.78 is 41.3.